The molecule has 7 nitrogen and oxygen atoms in total. The maximum Gasteiger partial charge on any atom is 0.254 e. The van der Waals surface area contributed by atoms with E-state index in [2.05, 4.69) is 16.0 Å². The highest BCUT2D eigenvalue weighted by Crippen LogP contribution is 2.41. The molecule has 0 unspecified atom stereocenters. The summed E-state index contributed by atoms with van der Waals surface area (Å²) in [5.41, 5.74) is 3.22. The second-order valence-corrected chi connectivity index (χ2v) is 10.8. The van der Waals surface area contributed by atoms with Gasteiger partial charge in [-0.25, -0.2) is 9.97 Å². The predicted octanol–water partition coefficient (Wildman–Crippen LogP) is 4.67. The molecule has 0 spiro atoms. The Morgan fingerprint density at radius 1 is 1.15 bits per heavy atom. The van der Waals surface area contributed by atoms with Crippen LogP contribution in [0.25, 0.3) is 16.9 Å². The van der Waals surface area contributed by atoms with E-state index >= 15 is 0 Å². The zero-order valence-corrected chi connectivity index (χ0v) is 20.5. The number of piperazine rings is 1. The highest BCUT2D eigenvalue weighted by Gasteiger charge is 2.31. The van der Waals surface area contributed by atoms with Gasteiger partial charge in [0.1, 0.15) is 0 Å². The molecule has 34 heavy (non-hydrogen) atoms. The van der Waals surface area contributed by atoms with Crippen LogP contribution in [0.5, 0.6) is 0 Å². The average Bonchev–Trinajstić information content (AvgIpc) is 3.56. The fraction of sp³-hybridized carbons (Fsp3) is 0.360. The molecule has 0 radical (unpaired) electrons. The first-order chi connectivity index (χ1) is 16.6. The maximum atomic E-state index is 13.8. The van der Waals surface area contributed by atoms with Gasteiger partial charge in [-0.05, 0) is 50.1 Å². The molecule has 9 heteroatoms. The number of hydrogen-bond acceptors (Lipinski definition) is 6. The number of aromatic nitrogens is 4. The molecule has 2 fully saturated rings. The van der Waals surface area contributed by atoms with Crippen LogP contribution in [0, 0.1) is 6.92 Å². The monoisotopic (exact) mass is 492 g/mol. The fourth-order valence-electron chi connectivity index (χ4n) is 4.64. The number of aryl methyl sites for hydroxylation is 1. The molecule has 2 aliphatic rings. The number of nitrogens with zero attached hydrogens (tertiary/aromatic N) is 6. The number of carbonyl (C=O) groups excluding carboxylic acids is 1. The van der Waals surface area contributed by atoms with Gasteiger partial charge in [-0.15, -0.1) is 11.3 Å². The molecule has 1 amide bonds. The minimum atomic E-state index is 0.0665. The Morgan fingerprint density at radius 3 is 2.65 bits per heavy atom. The largest absolute Gasteiger partial charge is 0.336 e. The molecule has 4 aromatic heterocycles. The molecular formula is C25H25ClN6OS. The number of hydrogen-bond donors (Lipinski definition) is 0. The topological polar surface area (TPSA) is 67.2 Å². The summed E-state index contributed by atoms with van der Waals surface area (Å²) in [6.07, 6.45) is 3.99. The molecule has 0 bridgehead atoms. The molecule has 174 valence electrons. The van der Waals surface area contributed by atoms with Crippen molar-refractivity contribution in [3.8, 4) is 5.82 Å². The lowest BCUT2D eigenvalue weighted by Gasteiger charge is -2.34. The van der Waals surface area contributed by atoms with E-state index in [9.17, 15) is 4.79 Å². The van der Waals surface area contributed by atoms with E-state index in [-0.39, 0.29) is 5.91 Å². The first-order valence-electron chi connectivity index (χ1n) is 11.6. The fourth-order valence-corrected chi connectivity index (χ4v) is 5.77. The summed E-state index contributed by atoms with van der Waals surface area (Å²) in [6, 6.07) is 11.8. The third kappa shape index (κ3) is 4.10. The summed E-state index contributed by atoms with van der Waals surface area (Å²) in [7, 11) is 0. The van der Waals surface area contributed by atoms with Crippen LogP contribution in [0.15, 0.2) is 42.6 Å². The van der Waals surface area contributed by atoms with Gasteiger partial charge in [0.15, 0.2) is 11.5 Å². The summed E-state index contributed by atoms with van der Waals surface area (Å²) in [6.45, 7) is 5.91. The van der Waals surface area contributed by atoms with Gasteiger partial charge in [0, 0.05) is 55.4 Å². The molecule has 1 aliphatic heterocycles. The molecule has 1 saturated heterocycles. The Kier molecular flexibility index (Phi) is 5.59. The Bertz CT molecular complexity index is 1350. The average molecular weight is 493 g/mol. The van der Waals surface area contributed by atoms with E-state index in [1.54, 1.807) is 22.2 Å². The van der Waals surface area contributed by atoms with E-state index in [1.165, 1.54) is 4.88 Å². The van der Waals surface area contributed by atoms with Crippen molar-refractivity contribution in [3.05, 3.63) is 68.8 Å². The second kappa shape index (κ2) is 8.76. The van der Waals surface area contributed by atoms with Crippen LogP contribution in [0.4, 0.5) is 0 Å². The number of rotatable bonds is 5. The smallest absolute Gasteiger partial charge is 0.254 e. The zero-order valence-electron chi connectivity index (χ0n) is 18.9. The van der Waals surface area contributed by atoms with Gasteiger partial charge in [0.05, 0.1) is 21.0 Å². The zero-order chi connectivity index (χ0) is 23.2. The number of fused-ring (bicyclic) bond motifs is 1. The van der Waals surface area contributed by atoms with Crippen molar-refractivity contribution in [2.75, 3.05) is 26.2 Å². The predicted molar refractivity (Wildman–Crippen MR) is 134 cm³/mol. The van der Waals surface area contributed by atoms with Gasteiger partial charge in [-0.2, -0.15) is 9.78 Å². The van der Waals surface area contributed by atoms with Crippen LogP contribution < -0.4 is 0 Å². The van der Waals surface area contributed by atoms with E-state index in [0.29, 0.717) is 30.4 Å². The van der Waals surface area contributed by atoms with Gasteiger partial charge in [0.2, 0.25) is 0 Å². The second-order valence-electron chi connectivity index (χ2n) is 9.03. The summed E-state index contributed by atoms with van der Waals surface area (Å²) >= 11 is 7.70. The molecule has 0 atom stereocenters. The first kappa shape index (κ1) is 21.7. The number of carbonyl (C=O) groups is 1. The Hall–Kier alpha value is -2.81. The third-order valence-electron chi connectivity index (χ3n) is 6.59. The van der Waals surface area contributed by atoms with Crippen molar-refractivity contribution in [1.29, 1.82) is 0 Å². The van der Waals surface area contributed by atoms with Crippen molar-refractivity contribution in [1.82, 2.24) is 29.5 Å². The Morgan fingerprint density at radius 2 is 1.97 bits per heavy atom. The van der Waals surface area contributed by atoms with Crippen molar-refractivity contribution in [3.63, 3.8) is 0 Å². The Labute approximate surface area is 207 Å². The van der Waals surface area contributed by atoms with Crippen molar-refractivity contribution < 1.29 is 4.79 Å². The molecule has 1 aliphatic carbocycles. The number of amides is 1. The standard InChI is InChI=1S/C25H25ClN6OS/c1-16-23-19(25(33)31-12-10-30(11-13-31)15-18-7-8-21(26)34-18)14-20(17-5-6-17)28-24(23)32(29-16)22-4-2-3-9-27-22/h2-4,7-9,14,17H,5-6,10-13,15H2,1H3. The lowest BCUT2D eigenvalue weighted by molar-refractivity contribution is 0.0631. The van der Waals surface area contributed by atoms with E-state index < -0.39 is 0 Å². The lowest BCUT2D eigenvalue weighted by atomic mass is 10.1. The normalized spacial score (nSPS) is 16.9. The quantitative estimate of drug-likeness (QED) is 0.405. The maximum absolute atomic E-state index is 13.8. The van der Waals surface area contributed by atoms with Crippen molar-refractivity contribution in [2.45, 2.75) is 32.2 Å². The summed E-state index contributed by atoms with van der Waals surface area (Å²) < 4.78 is 2.59. The third-order valence-corrected chi connectivity index (χ3v) is 7.81. The van der Waals surface area contributed by atoms with Crippen molar-refractivity contribution >= 4 is 39.9 Å². The molecule has 6 rings (SSSR count). The van der Waals surface area contributed by atoms with E-state index in [0.717, 1.165) is 59.2 Å². The molecule has 1 saturated carbocycles. The van der Waals surface area contributed by atoms with Crippen LogP contribution in [-0.4, -0.2) is 61.6 Å². The van der Waals surface area contributed by atoms with Crippen LogP contribution in [0.2, 0.25) is 4.34 Å². The molecule has 0 N–H and O–H groups in total. The summed E-state index contributed by atoms with van der Waals surface area (Å²) in [4.78, 5) is 28.8. The van der Waals surface area contributed by atoms with E-state index in [1.807, 2.05) is 42.2 Å². The van der Waals surface area contributed by atoms with Gasteiger partial charge >= 0.3 is 0 Å². The number of halogens is 1. The van der Waals surface area contributed by atoms with Crippen molar-refractivity contribution in [2.24, 2.45) is 0 Å². The lowest BCUT2D eigenvalue weighted by Crippen LogP contribution is -2.48. The molecular weight excluding hydrogens is 468 g/mol. The molecule has 0 aromatic carbocycles. The van der Waals surface area contributed by atoms with Crippen LogP contribution in [-0.2, 0) is 6.54 Å². The molecule has 4 aromatic rings. The van der Waals surface area contributed by atoms with Crippen LogP contribution >= 0.6 is 22.9 Å². The molecule has 5 heterocycles. The number of thiophene rings is 1. The Balaban J connectivity index is 1.30. The summed E-state index contributed by atoms with van der Waals surface area (Å²) in [5, 5.41) is 5.56. The summed E-state index contributed by atoms with van der Waals surface area (Å²) in [5.74, 6) is 1.20. The van der Waals surface area contributed by atoms with Gasteiger partial charge < -0.3 is 4.90 Å². The number of pyridine rings is 2. The van der Waals surface area contributed by atoms with Gasteiger partial charge in [0.25, 0.3) is 5.91 Å². The minimum Gasteiger partial charge on any atom is -0.336 e. The van der Waals surface area contributed by atoms with Crippen LogP contribution in [0.1, 0.15) is 45.4 Å². The van der Waals surface area contributed by atoms with E-state index in [4.69, 9.17) is 21.7 Å². The first-order valence-corrected chi connectivity index (χ1v) is 12.8. The minimum absolute atomic E-state index is 0.0665. The van der Waals surface area contributed by atoms with Gasteiger partial charge in [-0.1, -0.05) is 17.7 Å². The van der Waals surface area contributed by atoms with Crippen LogP contribution in [0.3, 0.4) is 0 Å². The highest BCUT2D eigenvalue weighted by molar-refractivity contribution is 7.16. The highest BCUT2D eigenvalue weighted by atomic mass is 35.5. The van der Waals surface area contributed by atoms with Gasteiger partial charge in [-0.3, -0.25) is 9.69 Å². The SMILES string of the molecule is Cc1nn(-c2ccccn2)c2nc(C3CC3)cc(C(=O)N3CCN(Cc4ccc(Cl)s4)CC3)c12.